The molecule has 7 nitrogen and oxygen atoms in total. The van der Waals surface area contributed by atoms with Crippen LogP contribution < -0.4 is 9.62 Å². The van der Waals surface area contributed by atoms with Gasteiger partial charge in [0.05, 0.1) is 15.6 Å². The quantitative estimate of drug-likeness (QED) is 0.393. The second-order valence-electron chi connectivity index (χ2n) is 7.82. The van der Waals surface area contributed by atoms with Crippen molar-refractivity contribution in [3.8, 4) is 0 Å². The van der Waals surface area contributed by atoms with E-state index in [9.17, 15) is 18.0 Å². The summed E-state index contributed by atoms with van der Waals surface area (Å²) in [7, 11) is -2.76. The van der Waals surface area contributed by atoms with Gasteiger partial charge in [0.25, 0.3) is 10.0 Å². The molecule has 36 heavy (non-hydrogen) atoms. The molecule has 1 N–H and O–H groups in total. The maximum Gasteiger partial charge on any atom is 0.264 e. The largest absolute Gasteiger partial charge is 0.357 e. The molecule has 1 atom stereocenters. The minimum atomic E-state index is -4.22. The Morgan fingerprint density at radius 3 is 2.17 bits per heavy atom. The SMILES string of the molecule is CNC(=O)[C@H](C)N(Cc1ccccc1Cl)C(=O)CN(c1ccc(Cl)cc1Cl)S(=O)(=O)c1ccccc1. The third-order valence-corrected chi connectivity index (χ3v) is 8.18. The van der Waals surface area contributed by atoms with E-state index in [2.05, 4.69) is 5.32 Å². The highest BCUT2D eigenvalue weighted by molar-refractivity contribution is 7.92. The molecule has 0 saturated heterocycles. The molecule has 3 aromatic rings. The standard InChI is InChI=1S/C25H24Cl3N3O4S/c1-17(25(33)29-2)30(15-18-8-6-7-11-21(18)27)24(32)16-31(23-13-12-19(26)14-22(23)28)36(34,35)20-9-4-3-5-10-20/h3-14,17H,15-16H2,1-2H3,(H,29,33)/t17-/m0/s1. The number of rotatable bonds is 9. The lowest BCUT2D eigenvalue weighted by Crippen LogP contribution is -2.50. The topological polar surface area (TPSA) is 86.8 Å². The Balaban J connectivity index is 2.07. The summed E-state index contributed by atoms with van der Waals surface area (Å²) in [5, 5.41) is 3.29. The number of nitrogens with zero attached hydrogens (tertiary/aromatic N) is 2. The first-order chi connectivity index (χ1) is 17.1. The first-order valence-electron chi connectivity index (χ1n) is 10.8. The molecule has 3 rings (SSSR count). The number of anilines is 1. The molecule has 0 radical (unpaired) electrons. The van der Waals surface area contributed by atoms with Gasteiger partial charge in [0.2, 0.25) is 11.8 Å². The third-order valence-electron chi connectivity index (χ3n) is 5.50. The summed E-state index contributed by atoms with van der Waals surface area (Å²) in [6.45, 7) is 0.921. The fraction of sp³-hybridized carbons (Fsp3) is 0.200. The van der Waals surface area contributed by atoms with Gasteiger partial charge < -0.3 is 10.2 Å². The number of carbonyl (C=O) groups is 2. The van der Waals surface area contributed by atoms with Gasteiger partial charge in [0.1, 0.15) is 12.6 Å². The van der Waals surface area contributed by atoms with Crippen molar-refractivity contribution < 1.29 is 18.0 Å². The number of amides is 2. The summed E-state index contributed by atoms with van der Waals surface area (Å²) in [6, 6.07) is 18.0. The maximum absolute atomic E-state index is 13.7. The molecule has 11 heteroatoms. The van der Waals surface area contributed by atoms with Gasteiger partial charge in [-0.25, -0.2) is 8.42 Å². The van der Waals surface area contributed by atoms with Gasteiger partial charge >= 0.3 is 0 Å². The lowest BCUT2D eigenvalue weighted by atomic mass is 10.1. The lowest BCUT2D eigenvalue weighted by molar-refractivity contribution is -0.139. The number of carbonyl (C=O) groups excluding carboxylic acids is 2. The van der Waals surface area contributed by atoms with Crippen LogP contribution in [-0.2, 0) is 26.2 Å². The molecular formula is C25H24Cl3N3O4S. The van der Waals surface area contributed by atoms with Crippen LogP contribution in [0.25, 0.3) is 0 Å². The van der Waals surface area contributed by atoms with Gasteiger partial charge in [-0.05, 0) is 48.9 Å². The molecule has 3 aromatic carbocycles. The highest BCUT2D eigenvalue weighted by Gasteiger charge is 2.33. The number of hydrogen-bond donors (Lipinski definition) is 1. The molecule has 0 aromatic heterocycles. The van der Waals surface area contributed by atoms with E-state index in [1.165, 1.54) is 42.3 Å². The van der Waals surface area contributed by atoms with Gasteiger partial charge in [-0.3, -0.25) is 13.9 Å². The van der Waals surface area contributed by atoms with E-state index in [-0.39, 0.29) is 22.2 Å². The van der Waals surface area contributed by atoms with E-state index in [0.717, 1.165) is 4.31 Å². The summed E-state index contributed by atoms with van der Waals surface area (Å²) in [6.07, 6.45) is 0. The second kappa shape index (κ2) is 12.0. The second-order valence-corrected chi connectivity index (χ2v) is 10.9. The van der Waals surface area contributed by atoms with Crippen molar-refractivity contribution in [1.82, 2.24) is 10.2 Å². The van der Waals surface area contributed by atoms with Crippen LogP contribution in [0.5, 0.6) is 0 Å². The van der Waals surface area contributed by atoms with Crippen molar-refractivity contribution in [2.75, 3.05) is 17.9 Å². The summed E-state index contributed by atoms with van der Waals surface area (Å²) >= 11 is 18.7. The Hall–Kier alpha value is -2.78. The Labute approximate surface area is 225 Å². The Morgan fingerprint density at radius 2 is 1.56 bits per heavy atom. The van der Waals surface area contributed by atoms with E-state index in [1.54, 1.807) is 49.4 Å². The van der Waals surface area contributed by atoms with Crippen LogP contribution in [-0.4, -0.2) is 44.8 Å². The minimum Gasteiger partial charge on any atom is -0.357 e. The average Bonchev–Trinajstić information content (AvgIpc) is 2.86. The Morgan fingerprint density at radius 1 is 0.917 bits per heavy atom. The van der Waals surface area contributed by atoms with Crippen LogP contribution >= 0.6 is 34.8 Å². The van der Waals surface area contributed by atoms with Crippen LogP contribution in [0.4, 0.5) is 5.69 Å². The molecule has 0 saturated carbocycles. The summed E-state index contributed by atoms with van der Waals surface area (Å²) in [4.78, 5) is 27.4. The molecule has 0 heterocycles. The first-order valence-corrected chi connectivity index (χ1v) is 13.4. The number of nitrogens with one attached hydrogen (secondary N) is 1. The van der Waals surface area contributed by atoms with Crippen molar-refractivity contribution >= 4 is 62.3 Å². The number of sulfonamides is 1. The summed E-state index contributed by atoms with van der Waals surface area (Å²) in [5.41, 5.74) is 0.675. The number of benzene rings is 3. The highest BCUT2D eigenvalue weighted by Crippen LogP contribution is 2.33. The van der Waals surface area contributed by atoms with Crippen LogP contribution in [0.1, 0.15) is 12.5 Å². The number of hydrogen-bond acceptors (Lipinski definition) is 4. The minimum absolute atomic E-state index is 0.0132. The third kappa shape index (κ3) is 6.31. The highest BCUT2D eigenvalue weighted by atomic mass is 35.5. The molecule has 0 aliphatic rings. The predicted octanol–water partition coefficient (Wildman–Crippen LogP) is 5.01. The molecule has 0 bridgehead atoms. The zero-order chi connectivity index (χ0) is 26.5. The molecule has 2 amide bonds. The molecular weight excluding hydrogens is 545 g/mol. The zero-order valence-corrected chi connectivity index (χ0v) is 22.6. The van der Waals surface area contributed by atoms with E-state index >= 15 is 0 Å². The lowest BCUT2D eigenvalue weighted by Gasteiger charge is -2.32. The fourth-order valence-corrected chi connectivity index (χ4v) is 5.73. The van der Waals surface area contributed by atoms with Gasteiger partial charge in [-0.1, -0.05) is 71.2 Å². The summed E-state index contributed by atoms with van der Waals surface area (Å²) < 4.78 is 28.2. The van der Waals surface area contributed by atoms with Crippen molar-refractivity contribution in [3.63, 3.8) is 0 Å². The molecule has 0 unspecified atom stereocenters. The van der Waals surface area contributed by atoms with Gasteiger partial charge in [0.15, 0.2) is 0 Å². The van der Waals surface area contributed by atoms with E-state index < -0.39 is 34.4 Å². The van der Waals surface area contributed by atoms with Crippen molar-refractivity contribution in [3.05, 3.63) is 93.4 Å². The van der Waals surface area contributed by atoms with Gasteiger partial charge in [-0.2, -0.15) is 0 Å². The fourth-order valence-electron chi connectivity index (χ4n) is 3.52. The van der Waals surface area contributed by atoms with E-state index in [1.807, 2.05) is 0 Å². The first kappa shape index (κ1) is 27.8. The molecule has 0 fully saturated rings. The maximum atomic E-state index is 13.7. The van der Waals surface area contributed by atoms with Crippen LogP contribution in [0.15, 0.2) is 77.7 Å². The van der Waals surface area contributed by atoms with Crippen molar-refractivity contribution in [1.29, 1.82) is 0 Å². The van der Waals surface area contributed by atoms with Crippen molar-refractivity contribution in [2.24, 2.45) is 0 Å². The summed E-state index contributed by atoms with van der Waals surface area (Å²) in [5.74, 6) is -1.05. The van der Waals surface area contributed by atoms with Crippen molar-refractivity contribution in [2.45, 2.75) is 24.4 Å². The predicted molar refractivity (Wildman–Crippen MR) is 143 cm³/mol. The van der Waals surface area contributed by atoms with Crippen LogP contribution in [0, 0.1) is 0 Å². The number of halogens is 3. The Kier molecular flexibility index (Phi) is 9.24. The van der Waals surface area contributed by atoms with Crippen LogP contribution in [0.3, 0.4) is 0 Å². The monoisotopic (exact) mass is 567 g/mol. The normalized spacial score (nSPS) is 12.0. The van der Waals surface area contributed by atoms with Gasteiger partial charge in [0, 0.05) is 23.6 Å². The molecule has 190 valence electrons. The molecule has 0 aliphatic carbocycles. The number of likely N-dealkylation sites (N-methyl/N-ethyl adjacent to an activating group) is 1. The smallest absolute Gasteiger partial charge is 0.264 e. The van der Waals surface area contributed by atoms with E-state index in [4.69, 9.17) is 34.8 Å². The Bertz CT molecular complexity index is 1350. The average molecular weight is 569 g/mol. The molecule has 0 spiro atoms. The zero-order valence-electron chi connectivity index (χ0n) is 19.5. The van der Waals surface area contributed by atoms with Gasteiger partial charge in [-0.15, -0.1) is 0 Å². The van der Waals surface area contributed by atoms with E-state index in [0.29, 0.717) is 15.6 Å². The van der Waals surface area contributed by atoms with Crippen LogP contribution in [0.2, 0.25) is 15.1 Å². The molecule has 0 aliphatic heterocycles.